The van der Waals surface area contributed by atoms with E-state index in [2.05, 4.69) is 24.3 Å². The summed E-state index contributed by atoms with van der Waals surface area (Å²) in [6.07, 6.45) is 14.0. The van der Waals surface area contributed by atoms with Gasteiger partial charge >= 0.3 is 0 Å². The zero-order valence-electron chi connectivity index (χ0n) is 7.79. The molecule has 0 saturated carbocycles. The van der Waals surface area contributed by atoms with Crippen molar-refractivity contribution in [3.8, 4) is 0 Å². The minimum atomic E-state index is -1.08. The van der Waals surface area contributed by atoms with E-state index in [4.69, 9.17) is 9.90 Å². The average Bonchev–Trinajstić information content (AvgIpc) is 1.82. The van der Waals surface area contributed by atoms with Gasteiger partial charge < -0.3 is 9.90 Å². The van der Waals surface area contributed by atoms with Crippen LogP contribution in [0, 0.1) is 0 Å². The van der Waals surface area contributed by atoms with Crippen LogP contribution in [0.3, 0.4) is 0 Å². The van der Waals surface area contributed by atoms with E-state index >= 15 is 0 Å². The van der Waals surface area contributed by atoms with Gasteiger partial charge in [-0.15, -0.1) is 0 Å². The van der Waals surface area contributed by atoms with Crippen LogP contribution in [-0.4, -0.2) is 5.97 Å². The number of aliphatic carboxylic acids is 1. The number of rotatable bonds is 0. The van der Waals surface area contributed by atoms with Crippen molar-refractivity contribution >= 4 is 5.97 Å². The summed E-state index contributed by atoms with van der Waals surface area (Å²) in [5, 5.41) is 8.89. The predicted octanol–water partition coefficient (Wildman–Crippen LogP) is 1.43. The van der Waals surface area contributed by atoms with Gasteiger partial charge in [-0.25, -0.2) is 0 Å². The maximum atomic E-state index is 8.89. The summed E-state index contributed by atoms with van der Waals surface area (Å²) >= 11 is 0. The first-order valence-corrected chi connectivity index (χ1v) is 4.22. The first kappa shape index (κ1) is 15.1. The molecule has 1 rings (SSSR count). The van der Waals surface area contributed by atoms with Crippen LogP contribution in [-0.2, 0) is 24.3 Å². The number of hydrogen-bond donors (Lipinski definition) is 0. The molecular weight excluding hydrogens is 255 g/mol. The van der Waals surface area contributed by atoms with E-state index in [-0.39, 0.29) is 19.5 Å². The topological polar surface area (TPSA) is 40.1 Å². The van der Waals surface area contributed by atoms with Crippen LogP contribution in [0.4, 0.5) is 0 Å². The normalized spacial score (nSPS) is 14.2. The van der Waals surface area contributed by atoms with Gasteiger partial charge in [0.15, 0.2) is 0 Å². The van der Waals surface area contributed by atoms with Crippen molar-refractivity contribution in [2.75, 3.05) is 0 Å². The Morgan fingerprint density at radius 3 is 1.77 bits per heavy atom. The van der Waals surface area contributed by atoms with Crippen molar-refractivity contribution in [2.45, 2.75) is 32.6 Å². The van der Waals surface area contributed by atoms with Crippen LogP contribution >= 0.6 is 0 Å². The standard InChI is InChI=1S/C8H12.C2H4O2.Rh/c1-2-4-6-8-7-5-3-1;1-2(3)4;/h1-4H,5-8H2;1H3,(H,3,4);/p-1. The molecule has 2 nitrogen and oxygen atoms in total. The SMILES string of the molecule is C1=CCCCCC=C1.CC(=O)[O-].[Rh]. The molecule has 77 valence electrons. The molecule has 3 heteroatoms. The van der Waals surface area contributed by atoms with Crippen molar-refractivity contribution in [3.05, 3.63) is 24.3 Å². The summed E-state index contributed by atoms with van der Waals surface area (Å²) in [7, 11) is 0. The Labute approximate surface area is 92.5 Å². The molecule has 0 spiro atoms. The van der Waals surface area contributed by atoms with Crippen molar-refractivity contribution < 1.29 is 29.4 Å². The monoisotopic (exact) mass is 270 g/mol. The number of carboxylic acid groups (broad SMARTS) is 1. The van der Waals surface area contributed by atoms with E-state index in [1.165, 1.54) is 25.7 Å². The first-order valence-electron chi connectivity index (χ1n) is 4.22. The van der Waals surface area contributed by atoms with Gasteiger partial charge in [0.1, 0.15) is 0 Å². The Morgan fingerprint density at radius 1 is 1.15 bits per heavy atom. The van der Waals surface area contributed by atoms with Gasteiger partial charge in [-0.1, -0.05) is 24.3 Å². The second-order valence-electron chi connectivity index (χ2n) is 2.63. The summed E-state index contributed by atoms with van der Waals surface area (Å²) in [5.41, 5.74) is 0. The molecule has 0 bridgehead atoms. The Hall–Kier alpha value is -0.427. The molecule has 1 aliphatic carbocycles. The van der Waals surface area contributed by atoms with Crippen LogP contribution in [0.5, 0.6) is 0 Å². The number of hydrogen-bond acceptors (Lipinski definition) is 2. The molecule has 0 heterocycles. The van der Waals surface area contributed by atoms with Gasteiger partial charge in [-0.05, 0) is 32.6 Å². The van der Waals surface area contributed by atoms with E-state index in [1.54, 1.807) is 0 Å². The van der Waals surface area contributed by atoms with Crippen molar-refractivity contribution in [3.63, 3.8) is 0 Å². The average molecular weight is 270 g/mol. The third-order valence-corrected chi connectivity index (χ3v) is 1.37. The minimum absolute atomic E-state index is 0. The van der Waals surface area contributed by atoms with E-state index in [0.717, 1.165) is 6.92 Å². The molecule has 0 aromatic heterocycles. The molecule has 0 aliphatic heterocycles. The molecule has 0 aromatic carbocycles. The number of carbonyl (C=O) groups excluding carboxylic acids is 1. The molecule has 0 unspecified atom stereocenters. The fraction of sp³-hybridized carbons (Fsp3) is 0.500. The van der Waals surface area contributed by atoms with Crippen molar-refractivity contribution in [1.82, 2.24) is 0 Å². The Kier molecular flexibility index (Phi) is 13.4. The molecule has 1 radical (unpaired) electrons. The van der Waals surface area contributed by atoms with Crippen LogP contribution in [0.25, 0.3) is 0 Å². The van der Waals surface area contributed by atoms with Crippen molar-refractivity contribution in [1.29, 1.82) is 0 Å². The van der Waals surface area contributed by atoms with Gasteiger partial charge in [-0.2, -0.15) is 0 Å². The smallest absolute Gasteiger partial charge is 0.0383 e. The maximum absolute atomic E-state index is 8.89. The molecule has 13 heavy (non-hydrogen) atoms. The van der Waals surface area contributed by atoms with E-state index < -0.39 is 5.97 Å². The molecule has 0 atom stereocenters. The van der Waals surface area contributed by atoms with Gasteiger partial charge in [0.25, 0.3) is 0 Å². The van der Waals surface area contributed by atoms with E-state index in [0.29, 0.717) is 0 Å². The van der Waals surface area contributed by atoms with Crippen LogP contribution in [0.1, 0.15) is 32.6 Å². The van der Waals surface area contributed by atoms with Gasteiger partial charge in [0, 0.05) is 25.4 Å². The third-order valence-electron chi connectivity index (χ3n) is 1.37. The summed E-state index contributed by atoms with van der Waals surface area (Å²) in [6.45, 7) is 0.972. The Morgan fingerprint density at radius 2 is 1.46 bits per heavy atom. The second-order valence-corrected chi connectivity index (χ2v) is 2.63. The molecule has 0 aromatic rings. The van der Waals surface area contributed by atoms with Crippen LogP contribution in [0.2, 0.25) is 0 Å². The van der Waals surface area contributed by atoms with E-state index in [1.807, 2.05) is 0 Å². The number of carboxylic acids is 1. The first-order chi connectivity index (χ1) is 5.73. The third kappa shape index (κ3) is 18.5. The van der Waals surface area contributed by atoms with Gasteiger partial charge in [0.05, 0.1) is 0 Å². The van der Waals surface area contributed by atoms with Crippen LogP contribution < -0.4 is 5.11 Å². The zero-order chi connectivity index (χ0) is 9.23. The van der Waals surface area contributed by atoms with E-state index in [9.17, 15) is 0 Å². The Balaban J connectivity index is 0. The largest absolute Gasteiger partial charge is 0.550 e. The summed E-state index contributed by atoms with van der Waals surface area (Å²) in [4.78, 5) is 8.89. The van der Waals surface area contributed by atoms with Gasteiger partial charge in [0.2, 0.25) is 0 Å². The van der Waals surface area contributed by atoms with Crippen LogP contribution in [0.15, 0.2) is 24.3 Å². The summed E-state index contributed by atoms with van der Waals surface area (Å²) in [6, 6.07) is 0. The summed E-state index contributed by atoms with van der Waals surface area (Å²) in [5.74, 6) is -1.08. The molecule has 1 aliphatic rings. The number of carbonyl (C=O) groups is 1. The molecule has 0 saturated heterocycles. The summed E-state index contributed by atoms with van der Waals surface area (Å²) < 4.78 is 0. The minimum Gasteiger partial charge on any atom is -0.550 e. The maximum Gasteiger partial charge on any atom is 0.0383 e. The van der Waals surface area contributed by atoms with Crippen molar-refractivity contribution in [2.24, 2.45) is 0 Å². The quantitative estimate of drug-likeness (QED) is 0.625. The second kappa shape index (κ2) is 11.6. The van der Waals surface area contributed by atoms with Gasteiger partial charge in [-0.3, -0.25) is 0 Å². The molecule has 0 amide bonds. The molecule has 0 N–H and O–H groups in total. The fourth-order valence-electron chi connectivity index (χ4n) is 0.874. The number of allylic oxidation sites excluding steroid dienone is 4. The molecular formula is C10H15O2Rh-. The Bertz CT molecular complexity index is 156. The zero-order valence-corrected chi connectivity index (χ0v) is 9.43. The predicted molar refractivity (Wildman–Crippen MR) is 47.4 cm³/mol. The fourth-order valence-corrected chi connectivity index (χ4v) is 0.874. The molecule has 0 fully saturated rings.